The Morgan fingerprint density at radius 2 is 2.14 bits per heavy atom. The van der Waals surface area contributed by atoms with Crippen LogP contribution in [0.1, 0.15) is 35.3 Å². The van der Waals surface area contributed by atoms with Crippen LogP contribution >= 0.6 is 11.3 Å². The first-order valence-corrected chi connectivity index (χ1v) is 10.8. The Kier molecular flexibility index (Phi) is 4.52. The van der Waals surface area contributed by atoms with Crippen LogP contribution in [0.3, 0.4) is 0 Å². The predicted molar refractivity (Wildman–Crippen MR) is 109 cm³/mol. The van der Waals surface area contributed by atoms with Gasteiger partial charge in [0.15, 0.2) is 5.69 Å². The number of thiophene rings is 1. The molecule has 2 N–H and O–H groups in total. The van der Waals surface area contributed by atoms with Gasteiger partial charge in [-0.25, -0.2) is 4.39 Å². The Morgan fingerprint density at radius 1 is 1.28 bits per heavy atom. The SMILES string of the molecule is O=C(c1cc(-c2cccs2)[nH]n1)N1CC2CCCC(O)(c3ccccc3F)C2C1. The highest BCUT2D eigenvalue weighted by Gasteiger charge is 2.51. The van der Waals surface area contributed by atoms with Crippen molar-refractivity contribution < 1.29 is 14.3 Å². The lowest BCUT2D eigenvalue weighted by molar-refractivity contribution is -0.0668. The third-order valence-corrected chi connectivity index (χ3v) is 7.30. The zero-order chi connectivity index (χ0) is 20.0. The summed E-state index contributed by atoms with van der Waals surface area (Å²) >= 11 is 1.58. The summed E-state index contributed by atoms with van der Waals surface area (Å²) in [5.41, 5.74) is 0.310. The zero-order valence-corrected chi connectivity index (χ0v) is 16.7. The number of carbonyl (C=O) groups is 1. The molecule has 5 nitrogen and oxygen atoms in total. The average molecular weight is 412 g/mol. The van der Waals surface area contributed by atoms with E-state index in [1.165, 1.54) is 6.07 Å². The number of halogens is 1. The number of amides is 1. The minimum atomic E-state index is -1.24. The predicted octanol–water partition coefficient (Wildman–Crippen LogP) is 4.04. The monoisotopic (exact) mass is 411 g/mol. The number of hydrogen-bond donors (Lipinski definition) is 2. The lowest BCUT2D eigenvalue weighted by Crippen LogP contribution is -2.43. The number of aromatic nitrogens is 2. The summed E-state index contributed by atoms with van der Waals surface area (Å²) in [6, 6.07) is 12.2. The summed E-state index contributed by atoms with van der Waals surface area (Å²) in [5, 5.41) is 20.6. The maximum absolute atomic E-state index is 14.5. The number of H-pyrrole nitrogens is 1. The van der Waals surface area contributed by atoms with Crippen LogP contribution in [-0.2, 0) is 5.60 Å². The van der Waals surface area contributed by atoms with E-state index >= 15 is 0 Å². The average Bonchev–Trinajstić information content (AvgIpc) is 3.47. The summed E-state index contributed by atoms with van der Waals surface area (Å²) in [5.74, 6) is -0.538. The van der Waals surface area contributed by atoms with Crippen LogP contribution in [0.5, 0.6) is 0 Å². The maximum atomic E-state index is 14.5. The first kappa shape index (κ1) is 18.5. The van der Waals surface area contributed by atoms with Gasteiger partial charge in [0.25, 0.3) is 5.91 Å². The number of benzene rings is 1. The molecule has 3 unspecified atom stereocenters. The maximum Gasteiger partial charge on any atom is 0.274 e. The molecule has 0 spiro atoms. The van der Waals surface area contributed by atoms with Gasteiger partial charge in [0.1, 0.15) is 5.82 Å². The van der Waals surface area contributed by atoms with Gasteiger partial charge in [0, 0.05) is 24.6 Å². The second-order valence-electron chi connectivity index (χ2n) is 8.02. The summed E-state index contributed by atoms with van der Waals surface area (Å²) in [6.07, 6.45) is 2.27. The van der Waals surface area contributed by atoms with Gasteiger partial charge in [-0.3, -0.25) is 9.89 Å². The number of aliphatic hydroxyl groups is 1. The van der Waals surface area contributed by atoms with Gasteiger partial charge in [0.05, 0.1) is 16.2 Å². The summed E-state index contributed by atoms with van der Waals surface area (Å²) in [7, 11) is 0. The number of likely N-dealkylation sites (tertiary alicyclic amines) is 1. The van der Waals surface area contributed by atoms with Crippen LogP contribution in [0.2, 0.25) is 0 Å². The van der Waals surface area contributed by atoms with Crippen molar-refractivity contribution in [2.75, 3.05) is 13.1 Å². The molecule has 1 aliphatic carbocycles. The van der Waals surface area contributed by atoms with E-state index in [0.29, 0.717) is 30.8 Å². The Morgan fingerprint density at radius 3 is 2.93 bits per heavy atom. The minimum Gasteiger partial charge on any atom is -0.385 e. The van der Waals surface area contributed by atoms with E-state index in [0.717, 1.165) is 23.4 Å². The van der Waals surface area contributed by atoms with Crippen molar-refractivity contribution in [3.05, 3.63) is 64.9 Å². The minimum absolute atomic E-state index is 0.144. The molecule has 1 amide bonds. The molecule has 2 fully saturated rings. The molecule has 3 aromatic rings. The molecule has 2 aromatic heterocycles. The zero-order valence-electron chi connectivity index (χ0n) is 15.8. The van der Waals surface area contributed by atoms with Crippen LogP contribution < -0.4 is 0 Å². The number of aromatic amines is 1. The second-order valence-corrected chi connectivity index (χ2v) is 8.96. The van der Waals surface area contributed by atoms with E-state index in [1.807, 2.05) is 17.5 Å². The topological polar surface area (TPSA) is 69.2 Å². The molecule has 0 radical (unpaired) electrons. The number of carbonyl (C=O) groups excluding carboxylic acids is 1. The molecule has 1 saturated heterocycles. The first-order valence-electron chi connectivity index (χ1n) is 9.92. The lowest BCUT2D eigenvalue weighted by Gasteiger charge is -2.41. The molecule has 29 heavy (non-hydrogen) atoms. The van der Waals surface area contributed by atoms with Crippen LogP contribution in [0.4, 0.5) is 4.39 Å². The quantitative estimate of drug-likeness (QED) is 0.684. The van der Waals surface area contributed by atoms with Crippen LogP contribution in [0.25, 0.3) is 10.6 Å². The van der Waals surface area contributed by atoms with Crippen LogP contribution in [0.15, 0.2) is 47.8 Å². The molecule has 2 aliphatic rings. The van der Waals surface area contributed by atoms with E-state index in [1.54, 1.807) is 40.5 Å². The van der Waals surface area contributed by atoms with Crippen LogP contribution in [-0.4, -0.2) is 39.2 Å². The molecular formula is C22H22FN3O2S. The highest BCUT2D eigenvalue weighted by Crippen LogP contribution is 2.49. The fourth-order valence-electron chi connectivity index (χ4n) is 4.99. The van der Waals surface area contributed by atoms with E-state index in [2.05, 4.69) is 10.2 Å². The van der Waals surface area contributed by atoms with Crippen LogP contribution in [0, 0.1) is 17.7 Å². The van der Waals surface area contributed by atoms with Gasteiger partial charge >= 0.3 is 0 Å². The molecule has 5 rings (SSSR count). The fraction of sp³-hybridized carbons (Fsp3) is 0.364. The third-order valence-electron chi connectivity index (χ3n) is 6.40. The third kappa shape index (κ3) is 3.09. The van der Waals surface area contributed by atoms with Crippen molar-refractivity contribution in [3.8, 4) is 10.6 Å². The van der Waals surface area contributed by atoms with E-state index in [9.17, 15) is 14.3 Å². The number of nitrogens with zero attached hydrogens (tertiary/aromatic N) is 2. The number of fused-ring (bicyclic) bond motifs is 1. The van der Waals surface area contributed by atoms with E-state index < -0.39 is 5.60 Å². The van der Waals surface area contributed by atoms with Gasteiger partial charge in [-0.15, -0.1) is 11.3 Å². The van der Waals surface area contributed by atoms with Crippen molar-refractivity contribution in [3.63, 3.8) is 0 Å². The smallest absolute Gasteiger partial charge is 0.274 e. The number of hydrogen-bond acceptors (Lipinski definition) is 4. The Hall–Kier alpha value is -2.51. The Bertz CT molecular complexity index is 1030. The molecule has 3 atom stereocenters. The Labute approximate surface area is 172 Å². The Balaban J connectivity index is 1.39. The van der Waals surface area contributed by atoms with Gasteiger partial charge in [-0.1, -0.05) is 24.3 Å². The van der Waals surface area contributed by atoms with Crippen molar-refractivity contribution in [1.29, 1.82) is 0 Å². The van der Waals surface area contributed by atoms with E-state index in [-0.39, 0.29) is 23.6 Å². The lowest BCUT2D eigenvalue weighted by atomic mass is 9.67. The number of rotatable bonds is 3. The first-order chi connectivity index (χ1) is 14.1. The largest absolute Gasteiger partial charge is 0.385 e. The molecule has 3 heterocycles. The standard InChI is InChI=1S/C22H22FN3O2S/c23-17-7-2-1-6-15(17)22(28)9-3-5-14-12-26(13-16(14)22)21(27)19-11-18(24-25-19)20-8-4-10-29-20/h1-2,4,6-8,10-11,14,16,28H,3,5,9,12-13H2,(H,24,25). The molecule has 0 bridgehead atoms. The van der Waals surface area contributed by atoms with Crippen molar-refractivity contribution in [2.45, 2.75) is 24.9 Å². The van der Waals surface area contributed by atoms with Gasteiger partial charge in [-0.2, -0.15) is 5.10 Å². The van der Waals surface area contributed by atoms with Crippen molar-refractivity contribution in [1.82, 2.24) is 15.1 Å². The van der Waals surface area contributed by atoms with Gasteiger partial charge < -0.3 is 10.0 Å². The highest BCUT2D eigenvalue weighted by atomic mass is 32.1. The van der Waals surface area contributed by atoms with E-state index in [4.69, 9.17) is 0 Å². The van der Waals surface area contributed by atoms with Gasteiger partial charge in [-0.05, 0) is 48.8 Å². The summed E-state index contributed by atoms with van der Waals surface area (Å²) in [4.78, 5) is 15.9. The normalized spacial score (nSPS) is 26.5. The molecule has 150 valence electrons. The highest BCUT2D eigenvalue weighted by molar-refractivity contribution is 7.13. The molecule has 1 aromatic carbocycles. The fourth-order valence-corrected chi connectivity index (χ4v) is 5.68. The molecule has 7 heteroatoms. The van der Waals surface area contributed by atoms with Gasteiger partial charge in [0.2, 0.25) is 0 Å². The number of nitrogens with one attached hydrogen (secondary N) is 1. The summed E-state index contributed by atoms with van der Waals surface area (Å²) in [6.45, 7) is 0.983. The second kappa shape index (κ2) is 7.07. The molecule has 1 aliphatic heterocycles. The summed E-state index contributed by atoms with van der Waals surface area (Å²) < 4.78 is 14.5. The van der Waals surface area contributed by atoms with Crippen molar-refractivity contribution >= 4 is 17.2 Å². The molecular weight excluding hydrogens is 389 g/mol. The molecule has 1 saturated carbocycles. The van der Waals surface area contributed by atoms with Crippen molar-refractivity contribution in [2.24, 2.45) is 11.8 Å².